The lowest BCUT2D eigenvalue weighted by Crippen LogP contribution is -2.56. The molecule has 1 unspecified atom stereocenters. The summed E-state index contributed by atoms with van der Waals surface area (Å²) >= 11 is 3.40. The number of halogens is 2. The number of rotatable bonds is 6. The van der Waals surface area contributed by atoms with Gasteiger partial charge in [-0.25, -0.2) is 4.39 Å². The van der Waals surface area contributed by atoms with Crippen molar-refractivity contribution < 1.29 is 4.39 Å². The zero-order valence-corrected chi connectivity index (χ0v) is 13.8. The summed E-state index contributed by atoms with van der Waals surface area (Å²) in [7, 11) is 0. The molecule has 0 aliphatic heterocycles. The van der Waals surface area contributed by atoms with Crippen molar-refractivity contribution in [2.24, 2.45) is 5.73 Å². The second-order valence-corrected chi connectivity index (χ2v) is 6.23. The van der Waals surface area contributed by atoms with Crippen LogP contribution in [-0.2, 0) is 6.42 Å². The average Bonchev–Trinajstić information content (AvgIpc) is 2.33. The summed E-state index contributed by atoms with van der Waals surface area (Å²) in [5.74, 6) is -0.229. The van der Waals surface area contributed by atoms with E-state index >= 15 is 0 Å². The van der Waals surface area contributed by atoms with Gasteiger partial charge in [0, 0.05) is 16.1 Å². The molecule has 2 nitrogen and oxygen atoms in total. The zero-order chi connectivity index (χ0) is 14.6. The third kappa shape index (κ3) is 4.01. The number of hydrogen-bond acceptors (Lipinski definition) is 2. The van der Waals surface area contributed by atoms with Crippen LogP contribution in [0.25, 0.3) is 0 Å². The van der Waals surface area contributed by atoms with Crippen molar-refractivity contribution in [3.05, 3.63) is 34.1 Å². The Balaban J connectivity index is 2.86. The molecule has 1 aromatic rings. The molecular formula is C15H24BrFN2. The lowest BCUT2D eigenvalue weighted by Gasteiger charge is -2.42. The number of benzene rings is 1. The van der Waals surface area contributed by atoms with E-state index < -0.39 is 0 Å². The largest absolute Gasteiger partial charge is 0.326 e. The van der Waals surface area contributed by atoms with E-state index in [0.29, 0.717) is 0 Å². The Bertz CT molecular complexity index is 417. The molecule has 4 heteroatoms. The Morgan fingerprint density at radius 2 is 1.89 bits per heavy atom. The molecule has 108 valence electrons. The molecule has 0 bridgehead atoms. The minimum atomic E-state index is -0.229. The summed E-state index contributed by atoms with van der Waals surface area (Å²) in [5, 5.41) is 0. The number of nitrogens with two attached hydrogens (primary N) is 1. The number of hydrogen-bond donors (Lipinski definition) is 1. The van der Waals surface area contributed by atoms with Crippen molar-refractivity contribution in [1.82, 2.24) is 4.90 Å². The highest BCUT2D eigenvalue weighted by atomic mass is 79.9. The van der Waals surface area contributed by atoms with Crippen LogP contribution in [0.5, 0.6) is 0 Å². The van der Waals surface area contributed by atoms with Crippen molar-refractivity contribution in [1.29, 1.82) is 0 Å². The van der Waals surface area contributed by atoms with Crippen LogP contribution in [-0.4, -0.2) is 29.6 Å². The summed E-state index contributed by atoms with van der Waals surface area (Å²) in [5.41, 5.74) is 7.35. The molecule has 0 amide bonds. The maximum absolute atomic E-state index is 13.1. The van der Waals surface area contributed by atoms with Crippen LogP contribution in [0, 0.1) is 5.82 Å². The molecule has 0 aliphatic carbocycles. The Kier molecular flexibility index (Phi) is 5.96. The van der Waals surface area contributed by atoms with Crippen LogP contribution in [0.3, 0.4) is 0 Å². The molecule has 0 radical (unpaired) electrons. The van der Waals surface area contributed by atoms with E-state index in [4.69, 9.17) is 5.73 Å². The van der Waals surface area contributed by atoms with E-state index in [0.717, 1.165) is 29.5 Å². The molecule has 1 aromatic carbocycles. The van der Waals surface area contributed by atoms with Gasteiger partial charge < -0.3 is 5.73 Å². The first-order valence-corrected chi connectivity index (χ1v) is 7.56. The van der Waals surface area contributed by atoms with Crippen LogP contribution in [0.15, 0.2) is 22.7 Å². The summed E-state index contributed by atoms with van der Waals surface area (Å²) in [4.78, 5) is 2.36. The van der Waals surface area contributed by atoms with Crippen molar-refractivity contribution in [3.63, 3.8) is 0 Å². The molecule has 2 N–H and O–H groups in total. The highest BCUT2D eigenvalue weighted by Gasteiger charge is 2.31. The molecule has 0 spiro atoms. The minimum absolute atomic E-state index is 0.00541. The summed E-state index contributed by atoms with van der Waals surface area (Å²) in [6, 6.07) is 4.77. The second-order valence-electron chi connectivity index (χ2n) is 5.37. The van der Waals surface area contributed by atoms with Gasteiger partial charge in [-0.05, 0) is 51.1 Å². The predicted octanol–water partition coefficient (Wildman–Crippen LogP) is 3.58. The third-order valence-electron chi connectivity index (χ3n) is 3.94. The van der Waals surface area contributed by atoms with E-state index in [9.17, 15) is 4.39 Å². The van der Waals surface area contributed by atoms with Gasteiger partial charge in [-0.2, -0.15) is 0 Å². The van der Waals surface area contributed by atoms with Crippen molar-refractivity contribution in [2.75, 3.05) is 13.1 Å². The van der Waals surface area contributed by atoms with Crippen molar-refractivity contribution >= 4 is 15.9 Å². The molecule has 0 fully saturated rings. The second kappa shape index (κ2) is 6.82. The van der Waals surface area contributed by atoms with E-state index in [2.05, 4.69) is 48.5 Å². The van der Waals surface area contributed by atoms with Crippen LogP contribution >= 0.6 is 15.9 Å². The Morgan fingerprint density at radius 1 is 1.32 bits per heavy atom. The Labute approximate surface area is 124 Å². The lowest BCUT2D eigenvalue weighted by molar-refractivity contribution is 0.106. The van der Waals surface area contributed by atoms with Gasteiger partial charge in [0.25, 0.3) is 0 Å². The van der Waals surface area contributed by atoms with Crippen LogP contribution in [0.1, 0.15) is 33.3 Å². The summed E-state index contributed by atoms with van der Waals surface area (Å²) in [6.07, 6.45) is 0.727. The van der Waals surface area contributed by atoms with Crippen LogP contribution < -0.4 is 5.73 Å². The van der Waals surface area contributed by atoms with Gasteiger partial charge in [0.15, 0.2) is 0 Å². The first-order valence-electron chi connectivity index (χ1n) is 6.77. The molecule has 0 heterocycles. The predicted molar refractivity (Wildman–Crippen MR) is 82.8 cm³/mol. The van der Waals surface area contributed by atoms with Gasteiger partial charge in [0.05, 0.1) is 0 Å². The first kappa shape index (κ1) is 16.6. The van der Waals surface area contributed by atoms with Crippen LogP contribution in [0.4, 0.5) is 4.39 Å². The smallest absolute Gasteiger partial charge is 0.124 e. The molecule has 0 saturated carbocycles. The highest BCUT2D eigenvalue weighted by Crippen LogP contribution is 2.24. The van der Waals surface area contributed by atoms with Gasteiger partial charge in [-0.3, -0.25) is 4.90 Å². The SMILES string of the molecule is CCN(CC)C(C)(C)C(N)Cc1ccc(F)cc1Br. The fourth-order valence-electron chi connectivity index (χ4n) is 2.45. The molecule has 0 aromatic heterocycles. The van der Waals surface area contributed by atoms with E-state index in [-0.39, 0.29) is 17.4 Å². The number of likely N-dealkylation sites (N-methyl/N-ethyl adjacent to an activating group) is 1. The normalized spacial score (nSPS) is 13.9. The monoisotopic (exact) mass is 330 g/mol. The molecule has 1 rings (SSSR count). The molecule has 0 saturated heterocycles. The van der Waals surface area contributed by atoms with Gasteiger partial charge in [0.1, 0.15) is 5.82 Å². The minimum Gasteiger partial charge on any atom is -0.326 e. The summed E-state index contributed by atoms with van der Waals surface area (Å²) < 4.78 is 13.9. The average molecular weight is 331 g/mol. The van der Waals surface area contributed by atoms with E-state index in [1.165, 1.54) is 12.1 Å². The van der Waals surface area contributed by atoms with Crippen molar-refractivity contribution in [2.45, 2.75) is 45.7 Å². The fraction of sp³-hybridized carbons (Fsp3) is 0.600. The molecule has 19 heavy (non-hydrogen) atoms. The van der Waals surface area contributed by atoms with Gasteiger partial charge in [0.2, 0.25) is 0 Å². The zero-order valence-electron chi connectivity index (χ0n) is 12.2. The highest BCUT2D eigenvalue weighted by molar-refractivity contribution is 9.10. The van der Waals surface area contributed by atoms with Crippen LogP contribution in [0.2, 0.25) is 0 Å². The Morgan fingerprint density at radius 3 is 2.37 bits per heavy atom. The van der Waals surface area contributed by atoms with E-state index in [1.807, 2.05) is 0 Å². The molecular weight excluding hydrogens is 307 g/mol. The maximum Gasteiger partial charge on any atom is 0.124 e. The fourth-order valence-corrected chi connectivity index (χ4v) is 2.96. The lowest BCUT2D eigenvalue weighted by atomic mass is 9.88. The quantitative estimate of drug-likeness (QED) is 0.863. The summed E-state index contributed by atoms with van der Waals surface area (Å²) in [6.45, 7) is 10.6. The topological polar surface area (TPSA) is 29.3 Å². The third-order valence-corrected chi connectivity index (χ3v) is 4.68. The maximum atomic E-state index is 13.1. The first-order chi connectivity index (χ1) is 8.82. The standard InChI is InChI=1S/C15H24BrFN2/c1-5-19(6-2)15(3,4)14(18)9-11-7-8-12(17)10-13(11)16/h7-8,10,14H,5-6,9,18H2,1-4H3. The molecule has 0 aliphatic rings. The van der Waals surface area contributed by atoms with Crippen molar-refractivity contribution in [3.8, 4) is 0 Å². The van der Waals surface area contributed by atoms with Gasteiger partial charge in [-0.15, -0.1) is 0 Å². The van der Waals surface area contributed by atoms with Gasteiger partial charge >= 0.3 is 0 Å². The number of nitrogens with zero attached hydrogens (tertiary/aromatic N) is 1. The Hall–Kier alpha value is -0.450. The molecule has 1 atom stereocenters. The van der Waals surface area contributed by atoms with Gasteiger partial charge in [-0.1, -0.05) is 35.8 Å². The van der Waals surface area contributed by atoms with E-state index in [1.54, 1.807) is 6.07 Å².